The molecule has 0 radical (unpaired) electrons. The van der Waals surface area contributed by atoms with Gasteiger partial charge in [-0.1, -0.05) is 20.1 Å². The molecule has 0 aromatic carbocycles. The molecule has 0 bridgehead atoms. The molecule has 8 unspecified atom stereocenters. The van der Waals surface area contributed by atoms with Gasteiger partial charge in [0, 0.05) is 18.1 Å². The highest BCUT2D eigenvalue weighted by molar-refractivity contribution is 5.94. The van der Waals surface area contributed by atoms with Crippen LogP contribution in [0, 0.1) is 11.8 Å². The first kappa shape index (κ1) is 27.4. The molecule has 2 heterocycles. The highest BCUT2D eigenvalue weighted by atomic mass is 16.6. The summed E-state index contributed by atoms with van der Waals surface area (Å²) >= 11 is 0. The minimum absolute atomic E-state index is 0.0424. The van der Waals surface area contributed by atoms with Gasteiger partial charge in [-0.2, -0.15) is 0 Å². The lowest BCUT2D eigenvalue weighted by molar-refractivity contribution is -0.165. The predicted molar refractivity (Wildman–Crippen MR) is 108 cm³/mol. The summed E-state index contributed by atoms with van der Waals surface area (Å²) in [5.41, 5.74) is -1.96. The van der Waals surface area contributed by atoms with Gasteiger partial charge in [-0.25, -0.2) is 9.59 Å². The van der Waals surface area contributed by atoms with Crippen LogP contribution in [0.4, 0.5) is 0 Å². The van der Waals surface area contributed by atoms with E-state index in [0.717, 1.165) is 13.8 Å². The fraction of sp³-hybridized carbons (Fsp3) is 0.619. The van der Waals surface area contributed by atoms with Gasteiger partial charge in [0.2, 0.25) is 0 Å². The van der Waals surface area contributed by atoms with Crippen LogP contribution in [0.15, 0.2) is 24.3 Å². The molecule has 0 aromatic rings. The predicted octanol–water partition coefficient (Wildman–Crippen LogP) is -0.329. The summed E-state index contributed by atoms with van der Waals surface area (Å²) < 4.78 is 10.6. The van der Waals surface area contributed by atoms with Crippen LogP contribution < -0.4 is 0 Å². The molecule has 0 aromatic heterocycles. The smallest absolute Gasteiger partial charge is 0.334 e. The van der Waals surface area contributed by atoms with Gasteiger partial charge < -0.3 is 35.0 Å². The van der Waals surface area contributed by atoms with Crippen molar-refractivity contribution in [1.82, 2.24) is 0 Å². The molecule has 1 aliphatic carbocycles. The first-order valence-corrected chi connectivity index (χ1v) is 9.80. The van der Waals surface area contributed by atoms with E-state index in [1.165, 1.54) is 6.92 Å². The number of epoxide rings is 1. The molecule has 0 spiro atoms. The molecule has 180 valence electrons. The monoisotopic (exact) mass is 458 g/mol. The molecule has 3 rings (SSSR count). The van der Waals surface area contributed by atoms with Crippen LogP contribution >= 0.6 is 0 Å². The summed E-state index contributed by atoms with van der Waals surface area (Å²) in [5, 5.41) is 46.3. The van der Waals surface area contributed by atoms with E-state index in [9.17, 15) is 29.7 Å². The van der Waals surface area contributed by atoms with Crippen molar-refractivity contribution in [3.63, 3.8) is 0 Å². The number of aliphatic hydroxyl groups is 3. The van der Waals surface area contributed by atoms with E-state index < -0.39 is 59.6 Å². The first-order valence-electron chi connectivity index (χ1n) is 9.80. The van der Waals surface area contributed by atoms with Gasteiger partial charge >= 0.3 is 11.9 Å². The number of hydrogen-bond acceptors (Lipinski definition) is 9. The minimum atomic E-state index is -2.17. The largest absolute Gasteiger partial charge is 0.481 e. The Morgan fingerprint density at radius 3 is 2.06 bits per heavy atom. The molecule has 1 saturated carbocycles. The molecule has 32 heavy (non-hydrogen) atoms. The molecular formula is C21H30O11. The minimum Gasteiger partial charge on any atom is -0.481 e. The number of aliphatic carboxylic acids is 2. The number of carbonyl (C=O) groups is 4. The van der Waals surface area contributed by atoms with Crippen LogP contribution in [-0.2, 0) is 28.7 Å². The molecule has 0 amide bonds. The molecule has 2 aliphatic heterocycles. The highest BCUT2D eigenvalue weighted by Gasteiger charge is 2.60. The Balaban J connectivity index is 0.000000432. The Bertz CT molecular complexity index is 784. The van der Waals surface area contributed by atoms with E-state index in [-0.39, 0.29) is 23.2 Å². The maximum atomic E-state index is 12.3. The number of Topliss-reactive ketones (excluding diaryl/α,β-unsaturated/α-hetero) is 1. The van der Waals surface area contributed by atoms with Gasteiger partial charge in [0.15, 0.2) is 11.4 Å². The molecule has 3 fully saturated rings. The van der Waals surface area contributed by atoms with E-state index >= 15 is 0 Å². The van der Waals surface area contributed by atoms with Crippen molar-refractivity contribution in [3.05, 3.63) is 24.3 Å². The van der Waals surface area contributed by atoms with Gasteiger partial charge in [-0.3, -0.25) is 9.59 Å². The van der Waals surface area contributed by atoms with E-state index in [1.807, 2.05) is 6.92 Å². The summed E-state index contributed by atoms with van der Waals surface area (Å²) in [6.45, 7) is 12.3. The molecular weight excluding hydrogens is 428 g/mol. The van der Waals surface area contributed by atoms with Gasteiger partial charge in [-0.15, -0.1) is 0 Å². The Kier molecular flexibility index (Phi) is 8.87. The zero-order valence-electron chi connectivity index (χ0n) is 18.3. The summed E-state index contributed by atoms with van der Waals surface area (Å²) in [5.74, 6) is -4.02. The van der Waals surface area contributed by atoms with Crippen molar-refractivity contribution < 1.29 is 54.2 Å². The summed E-state index contributed by atoms with van der Waals surface area (Å²) in [6.07, 6.45) is -4.76. The number of ether oxygens (including phenoxy) is 2. The molecule has 8 atom stereocenters. The van der Waals surface area contributed by atoms with Crippen molar-refractivity contribution >= 4 is 23.7 Å². The normalized spacial score (nSPS) is 37.8. The number of fused-ring (bicyclic) bond motifs is 2. The van der Waals surface area contributed by atoms with Crippen molar-refractivity contribution in [1.29, 1.82) is 0 Å². The first-order chi connectivity index (χ1) is 14.5. The Morgan fingerprint density at radius 1 is 1.16 bits per heavy atom. The average molecular weight is 458 g/mol. The number of rotatable bonds is 1. The second-order valence-corrected chi connectivity index (χ2v) is 8.28. The summed E-state index contributed by atoms with van der Waals surface area (Å²) in [7, 11) is 0. The lowest BCUT2D eigenvalue weighted by Crippen LogP contribution is -2.57. The lowest BCUT2D eigenvalue weighted by atomic mass is 9.76. The number of carbonyl (C=O) groups excluding carboxylic acids is 2. The molecule has 3 aliphatic rings. The number of ketones is 1. The Morgan fingerprint density at radius 2 is 1.62 bits per heavy atom. The van der Waals surface area contributed by atoms with Crippen molar-refractivity contribution in [3.8, 4) is 0 Å². The van der Waals surface area contributed by atoms with Crippen molar-refractivity contribution in [2.24, 2.45) is 11.8 Å². The molecule has 2 saturated heterocycles. The quantitative estimate of drug-likeness (QED) is 0.196. The maximum absolute atomic E-state index is 12.3. The second kappa shape index (κ2) is 10.3. The molecule has 11 nitrogen and oxygen atoms in total. The van der Waals surface area contributed by atoms with Crippen molar-refractivity contribution in [2.75, 3.05) is 0 Å². The third-order valence-corrected chi connectivity index (χ3v) is 5.40. The molecule has 11 heteroatoms. The zero-order valence-corrected chi connectivity index (χ0v) is 18.3. The Hall–Kier alpha value is -2.60. The van der Waals surface area contributed by atoms with Crippen molar-refractivity contribution in [2.45, 2.75) is 70.2 Å². The summed E-state index contributed by atoms with van der Waals surface area (Å²) in [4.78, 5) is 42.6. The van der Waals surface area contributed by atoms with Crippen LogP contribution in [0.5, 0.6) is 0 Å². The number of aliphatic hydroxyl groups excluding tert-OH is 2. The van der Waals surface area contributed by atoms with Crippen LogP contribution in [0.1, 0.15) is 34.1 Å². The van der Waals surface area contributed by atoms with E-state index in [1.54, 1.807) is 0 Å². The van der Waals surface area contributed by atoms with Gasteiger partial charge in [0.05, 0.1) is 18.1 Å². The summed E-state index contributed by atoms with van der Waals surface area (Å²) in [6, 6.07) is 0. The van der Waals surface area contributed by atoms with E-state index in [2.05, 4.69) is 13.2 Å². The number of hydrogen-bond donors (Lipinski definition) is 5. The third-order valence-electron chi connectivity index (χ3n) is 5.40. The fourth-order valence-corrected chi connectivity index (χ4v) is 3.50. The third kappa shape index (κ3) is 6.22. The highest BCUT2D eigenvalue weighted by Crippen LogP contribution is 2.43. The van der Waals surface area contributed by atoms with Gasteiger partial charge in [0.25, 0.3) is 5.97 Å². The maximum Gasteiger partial charge on any atom is 0.334 e. The van der Waals surface area contributed by atoms with Crippen LogP contribution in [0.2, 0.25) is 0 Å². The zero-order chi connectivity index (χ0) is 25.1. The topological polar surface area (TPSA) is 191 Å². The second-order valence-electron chi connectivity index (χ2n) is 8.28. The van der Waals surface area contributed by atoms with E-state index in [0.29, 0.717) is 6.42 Å². The van der Waals surface area contributed by atoms with Crippen LogP contribution in [0.3, 0.4) is 0 Å². The number of carboxylic acid groups (broad SMARTS) is 2. The standard InChI is InChI=1S/C15H20O7.C4H6O2.C2H4O2/c1-5-4-7-8(6(2)14(19)21-7)9(16)12(17)15(3,20)13(18)11-10(5)22-11;1-3(2)4(5)6;1-2(3)4/h5,7-12,16-17,20H,2,4H2,1,3H3;1H2,2H3,(H,5,6);1H3,(H,3,4). The fourth-order valence-electron chi connectivity index (χ4n) is 3.50. The Labute approximate surface area is 184 Å². The lowest BCUT2D eigenvalue weighted by Gasteiger charge is -2.35. The van der Waals surface area contributed by atoms with Crippen LogP contribution in [0.25, 0.3) is 0 Å². The average Bonchev–Trinajstić information content (AvgIpc) is 3.41. The van der Waals surface area contributed by atoms with Gasteiger partial charge in [-0.05, 0) is 26.2 Å². The SMILES string of the molecule is C=C(C)C(=O)O.C=C1C(=O)OC2CC(C)C3OC3C(=O)C(C)(O)C(O)C(O)C12.CC(=O)O. The molecule has 5 N–H and O–H groups in total. The number of carboxylic acids is 2. The number of esters is 1. The van der Waals surface area contributed by atoms with E-state index in [4.69, 9.17) is 24.5 Å². The van der Waals surface area contributed by atoms with Gasteiger partial charge in [0.1, 0.15) is 18.3 Å². The van der Waals surface area contributed by atoms with Crippen LogP contribution in [-0.4, -0.2) is 85.3 Å².